The molecule has 0 bridgehead atoms. The predicted molar refractivity (Wildman–Crippen MR) is 112 cm³/mol. The van der Waals surface area contributed by atoms with E-state index in [1.54, 1.807) is 6.20 Å². The van der Waals surface area contributed by atoms with Gasteiger partial charge in [0.1, 0.15) is 4.99 Å². The molecule has 0 radical (unpaired) electrons. The first-order chi connectivity index (χ1) is 11.6. The van der Waals surface area contributed by atoms with Crippen molar-refractivity contribution in [1.82, 2.24) is 10.3 Å². The molecule has 3 aromatic rings. The summed E-state index contributed by atoms with van der Waals surface area (Å²) in [5.41, 5.74) is 3.41. The summed E-state index contributed by atoms with van der Waals surface area (Å²) in [5, 5.41) is 4.49. The van der Waals surface area contributed by atoms with E-state index in [2.05, 4.69) is 32.9 Å². The zero-order valence-electron chi connectivity index (χ0n) is 12.6. The smallest absolute Gasteiger partial charge is 0.199 e. The van der Waals surface area contributed by atoms with Gasteiger partial charge in [-0.3, -0.25) is 4.79 Å². The van der Waals surface area contributed by atoms with Crippen molar-refractivity contribution in [3.63, 3.8) is 0 Å². The Labute approximate surface area is 163 Å². The average Bonchev–Trinajstić information content (AvgIpc) is 2.61. The van der Waals surface area contributed by atoms with E-state index in [0.717, 1.165) is 21.1 Å². The molecule has 0 spiro atoms. The number of hydrogen-bond acceptors (Lipinski definition) is 2. The molecule has 0 aliphatic rings. The molecule has 2 N–H and O–H groups in total. The first kappa shape index (κ1) is 17.4. The van der Waals surface area contributed by atoms with Gasteiger partial charge < -0.3 is 10.3 Å². The summed E-state index contributed by atoms with van der Waals surface area (Å²) in [4.78, 5) is 16.3. The first-order valence-electron chi connectivity index (χ1n) is 7.31. The van der Waals surface area contributed by atoms with Crippen LogP contribution in [-0.4, -0.2) is 9.97 Å². The maximum atomic E-state index is 12.7. The number of H-pyrrole nitrogens is 1. The lowest BCUT2D eigenvalue weighted by Crippen LogP contribution is -2.27. The monoisotopic (exact) mass is 468 g/mol. The Balaban J connectivity index is 1.85. The highest BCUT2D eigenvalue weighted by atomic mass is 127. The maximum absolute atomic E-state index is 12.7. The number of aromatic amines is 1. The highest BCUT2D eigenvalue weighted by molar-refractivity contribution is 14.1. The van der Waals surface area contributed by atoms with Crippen molar-refractivity contribution in [3.8, 4) is 0 Å². The van der Waals surface area contributed by atoms with E-state index in [1.165, 1.54) is 0 Å². The van der Waals surface area contributed by atoms with Crippen LogP contribution in [0, 0.1) is 0 Å². The van der Waals surface area contributed by atoms with Crippen LogP contribution in [0.5, 0.6) is 0 Å². The summed E-state index contributed by atoms with van der Waals surface area (Å²) < 4.78 is 0.858. The van der Waals surface area contributed by atoms with Gasteiger partial charge in [0.2, 0.25) is 0 Å². The molecule has 0 aliphatic heterocycles. The van der Waals surface area contributed by atoms with Crippen LogP contribution in [0.4, 0.5) is 0 Å². The second-order valence-corrected chi connectivity index (χ2v) is 6.96. The lowest BCUT2D eigenvalue weighted by molar-refractivity contribution is 0.927. The van der Waals surface area contributed by atoms with Gasteiger partial charge in [-0.1, -0.05) is 64.6 Å². The molecule has 1 aromatic heterocycles. The molecular formula is C18H14ClIN2OS. The number of alkyl halides is 1. The van der Waals surface area contributed by atoms with Crippen molar-refractivity contribution in [1.29, 1.82) is 0 Å². The van der Waals surface area contributed by atoms with Gasteiger partial charge in [0, 0.05) is 33.1 Å². The summed E-state index contributed by atoms with van der Waals surface area (Å²) in [6, 6.07) is 13.4. The van der Waals surface area contributed by atoms with Crippen molar-refractivity contribution in [3.05, 3.63) is 80.6 Å². The molecule has 2 aromatic carbocycles. The fourth-order valence-corrected chi connectivity index (χ4v) is 3.22. The van der Waals surface area contributed by atoms with E-state index >= 15 is 0 Å². The lowest BCUT2D eigenvalue weighted by atomic mass is 10.1. The molecule has 3 rings (SSSR count). The molecule has 6 heteroatoms. The average molecular weight is 469 g/mol. The highest BCUT2D eigenvalue weighted by Gasteiger charge is 2.10. The van der Waals surface area contributed by atoms with Gasteiger partial charge in [0.25, 0.3) is 0 Å². The number of aromatic nitrogens is 1. The molecule has 0 fully saturated rings. The van der Waals surface area contributed by atoms with Crippen LogP contribution < -0.4 is 10.7 Å². The van der Waals surface area contributed by atoms with Crippen LogP contribution in [0.2, 0.25) is 5.02 Å². The van der Waals surface area contributed by atoms with Crippen molar-refractivity contribution >= 4 is 62.3 Å². The van der Waals surface area contributed by atoms with E-state index in [-0.39, 0.29) is 5.43 Å². The van der Waals surface area contributed by atoms with Gasteiger partial charge in [-0.15, -0.1) is 0 Å². The Morgan fingerprint density at radius 1 is 1.17 bits per heavy atom. The number of fused-ring (bicyclic) bond motifs is 1. The minimum Gasteiger partial charge on any atom is -0.372 e. The number of pyridine rings is 1. The largest absolute Gasteiger partial charge is 0.372 e. The van der Waals surface area contributed by atoms with Gasteiger partial charge in [0.05, 0.1) is 5.56 Å². The van der Waals surface area contributed by atoms with E-state index in [1.807, 2.05) is 42.5 Å². The van der Waals surface area contributed by atoms with Gasteiger partial charge in [-0.2, -0.15) is 0 Å². The maximum Gasteiger partial charge on any atom is 0.199 e. The zero-order valence-corrected chi connectivity index (χ0v) is 16.3. The minimum atomic E-state index is -0.0518. The number of hydrogen-bond donors (Lipinski definition) is 2. The van der Waals surface area contributed by atoms with E-state index < -0.39 is 0 Å². The lowest BCUT2D eigenvalue weighted by Gasteiger charge is -2.09. The molecule has 0 amide bonds. The third kappa shape index (κ3) is 3.79. The summed E-state index contributed by atoms with van der Waals surface area (Å²) >= 11 is 13.6. The van der Waals surface area contributed by atoms with Crippen molar-refractivity contribution in [2.75, 3.05) is 0 Å². The standard InChI is InChI=1S/C18H14ClIN2OS/c19-13-4-1-11(2-5-13)9-22-18(24)15-10-21-16-6-3-12(8-20)7-14(16)17(15)23/h1-7,10H,8-9H2,(H,21,23)(H,22,24). The number of benzene rings is 2. The second kappa shape index (κ2) is 7.63. The van der Waals surface area contributed by atoms with E-state index in [9.17, 15) is 4.79 Å². The van der Waals surface area contributed by atoms with Gasteiger partial charge >= 0.3 is 0 Å². The first-order valence-corrected chi connectivity index (χ1v) is 9.62. The van der Waals surface area contributed by atoms with Crippen molar-refractivity contribution in [2.24, 2.45) is 0 Å². The number of rotatable bonds is 4. The zero-order chi connectivity index (χ0) is 17.1. The van der Waals surface area contributed by atoms with Crippen LogP contribution in [0.25, 0.3) is 10.9 Å². The Kier molecular flexibility index (Phi) is 5.53. The number of thiocarbonyl (C=S) groups is 1. The Morgan fingerprint density at radius 2 is 1.88 bits per heavy atom. The molecule has 0 aliphatic carbocycles. The van der Waals surface area contributed by atoms with Crippen LogP contribution in [0.1, 0.15) is 16.7 Å². The van der Waals surface area contributed by atoms with Gasteiger partial charge in [-0.05, 0) is 35.4 Å². The fraction of sp³-hybridized carbons (Fsp3) is 0.111. The summed E-state index contributed by atoms with van der Waals surface area (Å²) in [6.45, 7) is 0.543. The van der Waals surface area contributed by atoms with Crippen molar-refractivity contribution in [2.45, 2.75) is 11.0 Å². The molecule has 1 heterocycles. The Morgan fingerprint density at radius 3 is 2.58 bits per heavy atom. The van der Waals surface area contributed by atoms with Crippen LogP contribution >= 0.6 is 46.4 Å². The topological polar surface area (TPSA) is 44.9 Å². The Bertz CT molecular complexity index is 953. The minimum absolute atomic E-state index is 0.0518. The van der Waals surface area contributed by atoms with E-state index in [0.29, 0.717) is 27.5 Å². The molecule has 122 valence electrons. The molecule has 24 heavy (non-hydrogen) atoms. The van der Waals surface area contributed by atoms with Gasteiger partial charge in [-0.25, -0.2) is 0 Å². The second-order valence-electron chi connectivity index (χ2n) is 5.35. The SMILES string of the molecule is O=c1c(C(=S)NCc2ccc(Cl)cc2)c[nH]c2ccc(CI)cc12. The fourth-order valence-electron chi connectivity index (χ4n) is 2.40. The molecule has 0 atom stereocenters. The summed E-state index contributed by atoms with van der Waals surface area (Å²) in [5.74, 6) is 0. The van der Waals surface area contributed by atoms with Crippen molar-refractivity contribution < 1.29 is 0 Å². The van der Waals surface area contributed by atoms with E-state index in [4.69, 9.17) is 23.8 Å². The summed E-state index contributed by atoms with van der Waals surface area (Å²) in [6.07, 6.45) is 1.67. The molecule has 0 unspecified atom stereocenters. The molecule has 0 saturated heterocycles. The third-order valence-electron chi connectivity index (χ3n) is 3.71. The number of halogens is 2. The quantitative estimate of drug-likeness (QED) is 0.335. The molecule has 0 saturated carbocycles. The summed E-state index contributed by atoms with van der Waals surface area (Å²) in [7, 11) is 0. The van der Waals surface area contributed by atoms with Gasteiger partial charge in [0.15, 0.2) is 5.43 Å². The number of nitrogens with one attached hydrogen (secondary N) is 2. The highest BCUT2D eigenvalue weighted by Crippen LogP contribution is 2.14. The van der Waals surface area contributed by atoms with Crippen LogP contribution in [0.15, 0.2) is 53.5 Å². The Hall–Kier alpha value is -1.44. The predicted octanol–water partition coefficient (Wildman–Crippen LogP) is 4.58. The van der Waals surface area contributed by atoms with Crippen LogP contribution in [-0.2, 0) is 11.0 Å². The molecule has 3 nitrogen and oxygen atoms in total. The van der Waals surface area contributed by atoms with Crippen LogP contribution in [0.3, 0.4) is 0 Å². The normalized spacial score (nSPS) is 10.8. The molecular weight excluding hydrogens is 455 g/mol. The third-order valence-corrected chi connectivity index (χ3v) is 5.21.